The molecule has 0 aliphatic heterocycles. The van der Waals surface area contributed by atoms with Crippen LogP contribution < -0.4 is 14.9 Å². The van der Waals surface area contributed by atoms with Crippen LogP contribution in [0.2, 0.25) is 0 Å². The van der Waals surface area contributed by atoms with Gasteiger partial charge in [0.05, 0.1) is 26.5 Å². The number of ether oxygens (including phenoxy) is 2. The standard InChI is InChI=1S/C23H30N2O2/c1-17(19-10-12-21(13-11-19)20-7-5-4-6-8-20)25-24-16-18-9-14-22(26-2)23(15-18)27-3/h9-15,20,24H,4-8,16H2,1-3H3/b25-17-. The predicted molar refractivity (Wildman–Crippen MR) is 111 cm³/mol. The number of hydrogen-bond donors (Lipinski definition) is 1. The molecule has 1 fully saturated rings. The lowest BCUT2D eigenvalue weighted by molar-refractivity contribution is 0.354. The van der Waals surface area contributed by atoms with Crippen LogP contribution in [0.3, 0.4) is 0 Å². The van der Waals surface area contributed by atoms with Gasteiger partial charge in [-0.05, 0) is 54.5 Å². The van der Waals surface area contributed by atoms with Gasteiger partial charge in [0.2, 0.25) is 0 Å². The van der Waals surface area contributed by atoms with Crippen LogP contribution in [0.25, 0.3) is 0 Å². The van der Waals surface area contributed by atoms with Crippen molar-refractivity contribution in [3.8, 4) is 11.5 Å². The summed E-state index contributed by atoms with van der Waals surface area (Å²) < 4.78 is 10.6. The zero-order chi connectivity index (χ0) is 19.1. The van der Waals surface area contributed by atoms with Crippen molar-refractivity contribution >= 4 is 5.71 Å². The van der Waals surface area contributed by atoms with E-state index in [0.717, 1.165) is 34.3 Å². The topological polar surface area (TPSA) is 42.8 Å². The summed E-state index contributed by atoms with van der Waals surface area (Å²) in [7, 11) is 3.29. The maximum atomic E-state index is 5.35. The van der Waals surface area contributed by atoms with Crippen molar-refractivity contribution in [2.75, 3.05) is 14.2 Å². The summed E-state index contributed by atoms with van der Waals surface area (Å²) in [6.07, 6.45) is 6.80. The predicted octanol–water partition coefficient (Wildman–Crippen LogP) is 5.27. The number of rotatable bonds is 7. The molecule has 0 spiro atoms. The Labute approximate surface area is 162 Å². The maximum Gasteiger partial charge on any atom is 0.161 e. The van der Waals surface area contributed by atoms with Gasteiger partial charge in [0.1, 0.15) is 0 Å². The monoisotopic (exact) mass is 366 g/mol. The van der Waals surface area contributed by atoms with Crippen LogP contribution in [0.5, 0.6) is 11.5 Å². The van der Waals surface area contributed by atoms with Crippen molar-refractivity contribution < 1.29 is 9.47 Å². The van der Waals surface area contributed by atoms with Crippen LogP contribution in [0.15, 0.2) is 47.6 Å². The first-order valence-corrected chi connectivity index (χ1v) is 9.79. The normalized spacial score (nSPS) is 15.4. The van der Waals surface area contributed by atoms with E-state index < -0.39 is 0 Å². The van der Waals surface area contributed by atoms with Gasteiger partial charge in [-0.1, -0.05) is 49.6 Å². The fourth-order valence-corrected chi connectivity index (χ4v) is 3.74. The van der Waals surface area contributed by atoms with E-state index in [1.54, 1.807) is 14.2 Å². The van der Waals surface area contributed by atoms with Crippen molar-refractivity contribution in [2.24, 2.45) is 5.10 Å². The molecule has 2 aromatic carbocycles. The van der Waals surface area contributed by atoms with Crippen LogP contribution in [0.1, 0.15) is 61.6 Å². The Kier molecular flexibility index (Phi) is 6.74. The molecular weight excluding hydrogens is 336 g/mol. The Balaban J connectivity index is 1.59. The Bertz CT molecular complexity index is 762. The number of hydrazone groups is 1. The molecule has 0 radical (unpaired) electrons. The second-order valence-electron chi connectivity index (χ2n) is 7.18. The third kappa shape index (κ3) is 5.03. The summed E-state index contributed by atoms with van der Waals surface area (Å²) in [6.45, 7) is 2.68. The number of hydrogen-bond acceptors (Lipinski definition) is 4. The van der Waals surface area contributed by atoms with Crippen molar-refractivity contribution in [3.63, 3.8) is 0 Å². The minimum absolute atomic E-state index is 0.637. The zero-order valence-electron chi connectivity index (χ0n) is 16.6. The van der Waals surface area contributed by atoms with Crippen LogP contribution in [-0.4, -0.2) is 19.9 Å². The molecule has 3 rings (SSSR count). The van der Waals surface area contributed by atoms with E-state index in [1.807, 2.05) is 25.1 Å². The van der Waals surface area contributed by atoms with E-state index in [4.69, 9.17) is 9.47 Å². The van der Waals surface area contributed by atoms with E-state index in [1.165, 1.54) is 37.7 Å². The van der Waals surface area contributed by atoms with Crippen LogP contribution >= 0.6 is 0 Å². The van der Waals surface area contributed by atoms with E-state index in [9.17, 15) is 0 Å². The molecule has 144 valence electrons. The first-order valence-electron chi connectivity index (χ1n) is 9.79. The van der Waals surface area contributed by atoms with Gasteiger partial charge >= 0.3 is 0 Å². The molecule has 1 saturated carbocycles. The van der Waals surface area contributed by atoms with Gasteiger partial charge in [-0.2, -0.15) is 5.10 Å². The molecule has 0 atom stereocenters. The number of nitrogens with zero attached hydrogens (tertiary/aromatic N) is 1. The van der Waals surface area contributed by atoms with Gasteiger partial charge in [-0.25, -0.2) is 0 Å². The van der Waals surface area contributed by atoms with Crippen molar-refractivity contribution in [1.82, 2.24) is 5.43 Å². The quantitative estimate of drug-likeness (QED) is 0.536. The fraction of sp³-hybridized carbons (Fsp3) is 0.435. The highest BCUT2D eigenvalue weighted by atomic mass is 16.5. The van der Waals surface area contributed by atoms with Gasteiger partial charge in [0, 0.05) is 0 Å². The summed E-state index contributed by atoms with van der Waals surface area (Å²) in [5, 5.41) is 4.52. The summed E-state index contributed by atoms with van der Waals surface area (Å²) in [5.41, 5.74) is 7.88. The lowest BCUT2D eigenvalue weighted by Gasteiger charge is -2.22. The largest absolute Gasteiger partial charge is 0.493 e. The Morgan fingerprint density at radius 2 is 1.67 bits per heavy atom. The molecule has 1 aliphatic rings. The van der Waals surface area contributed by atoms with Crippen LogP contribution in [-0.2, 0) is 6.54 Å². The molecule has 2 aromatic rings. The minimum Gasteiger partial charge on any atom is -0.493 e. The van der Waals surface area contributed by atoms with Gasteiger partial charge in [0.15, 0.2) is 11.5 Å². The molecule has 0 bridgehead atoms. The molecule has 4 nitrogen and oxygen atoms in total. The second kappa shape index (κ2) is 9.45. The first kappa shape index (κ1) is 19.3. The molecule has 0 saturated heterocycles. The third-order valence-corrected chi connectivity index (χ3v) is 5.38. The van der Waals surface area contributed by atoms with E-state index in [-0.39, 0.29) is 0 Å². The average molecular weight is 367 g/mol. The van der Waals surface area contributed by atoms with Gasteiger partial charge in [0.25, 0.3) is 0 Å². The summed E-state index contributed by atoms with van der Waals surface area (Å²) >= 11 is 0. The molecule has 0 heterocycles. The van der Waals surface area contributed by atoms with Crippen LogP contribution in [0.4, 0.5) is 0 Å². The molecule has 27 heavy (non-hydrogen) atoms. The number of methoxy groups -OCH3 is 2. The number of benzene rings is 2. The molecule has 0 amide bonds. The maximum absolute atomic E-state index is 5.35. The first-order chi connectivity index (χ1) is 13.2. The third-order valence-electron chi connectivity index (χ3n) is 5.38. The highest BCUT2D eigenvalue weighted by molar-refractivity contribution is 5.98. The summed E-state index contributed by atoms with van der Waals surface area (Å²) in [6, 6.07) is 14.8. The fourth-order valence-electron chi connectivity index (χ4n) is 3.74. The van der Waals surface area contributed by atoms with Gasteiger partial charge in [-0.3, -0.25) is 0 Å². The Hall–Kier alpha value is -2.49. The minimum atomic E-state index is 0.637. The highest BCUT2D eigenvalue weighted by Crippen LogP contribution is 2.32. The molecular formula is C23H30N2O2. The summed E-state index contributed by atoms with van der Waals surface area (Å²) in [5.74, 6) is 2.21. The Morgan fingerprint density at radius 1 is 0.963 bits per heavy atom. The lowest BCUT2D eigenvalue weighted by atomic mass is 9.84. The van der Waals surface area contributed by atoms with Gasteiger partial charge in [-0.15, -0.1) is 0 Å². The average Bonchev–Trinajstić information content (AvgIpc) is 2.74. The Morgan fingerprint density at radius 3 is 2.33 bits per heavy atom. The molecule has 1 N–H and O–H groups in total. The second-order valence-corrected chi connectivity index (χ2v) is 7.18. The lowest BCUT2D eigenvalue weighted by Crippen LogP contribution is -2.10. The van der Waals surface area contributed by atoms with Gasteiger partial charge < -0.3 is 14.9 Å². The van der Waals surface area contributed by atoms with Crippen molar-refractivity contribution in [1.29, 1.82) is 0 Å². The zero-order valence-corrected chi connectivity index (χ0v) is 16.6. The van der Waals surface area contributed by atoms with Crippen LogP contribution in [0, 0.1) is 0 Å². The molecule has 0 aromatic heterocycles. The van der Waals surface area contributed by atoms with E-state index in [2.05, 4.69) is 34.8 Å². The summed E-state index contributed by atoms with van der Waals surface area (Å²) in [4.78, 5) is 0. The molecule has 0 unspecified atom stereocenters. The van der Waals surface area contributed by atoms with E-state index in [0.29, 0.717) is 6.54 Å². The van der Waals surface area contributed by atoms with Crippen molar-refractivity contribution in [3.05, 3.63) is 59.2 Å². The van der Waals surface area contributed by atoms with Crippen molar-refractivity contribution in [2.45, 2.75) is 51.5 Å². The SMILES string of the molecule is COc1ccc(CN/N=C(/C)c2ccc(C3CCCCC3)cc2)cc1OC. The molecule has 4 heteroatoms. The number of nitrogens with one attached hydrogen (secondary N) is 1. The smallest absolute Gasteiger partial charge is 0.161 e. The van der Waals surface area contributed by atoms with E-state index >= 15 is 0 Å². The molecule has 1 aliphatic carbocycles. The highest BCUT2D eigenvalue weighted by Gasteiger charge is 2.15.